The number of nitrogens with zero attached hydrogens (tertiary/aromatic N) is 2. The smallest absolute Gasteiger partial charge is 0.0538 e. The van der Waals surface area contributed by atoms with Crippen LogP contribution in [0.25, 0.3) is 6.20 Å². The first-order chi connectivity index (χ1) is 8.33. The number of rotatable bonds is 6. The molecule has 4 heteroatoms. The van der Waals surface area contributed by atoms with Crippen LogP contribution >= 0.6 is 11.8 Å². The summed E-state index contributed by atoms with van der Waals surface area (Å²) in [6.07, 6.45) is 9.69. The van der Waals surface area contributed by atoms with Gasteiger partial charge in [0, 0.05) is 35.8 Å². The van der Waals surface area contributed by atoms with Crippen molar-refractivity contribution >= 4 is 18.0 Å². The van der Waals surface area contributed by atoms with Crippen LogP contribution in [0.15, 0.2) is 19.0 Å². The molecule has 2 atom stereocenters. The van der Waals surface area contributed by atoms with E-state index in [1.54, 1.807) is 10.9 Å². The van der Waals surface area contributed by atoms with Crippen LogP contribution in [0.3, 0.4) is 0 Å². The molecule has 1 fully saturated rings. The van der Waals surface area contributed by atoms with Crippen molar-refractivity contribution in [1.82, 2.24) is 15.1 Å². The van der Waals surface area contributed by atoms with Gasteiger partial charge in [0.25, 0.3) is 0 Å². The molecule has 2 rings (SSSR count). The lowest BCUT2D eigenvalue weighted by Gasteiger charge is -2.19. The highest BCUT2D eigenvalue weighted by Gasteiger charge is 2.26. The summed E-state index contributed by atoms with van der Waals surface area (Å²) in [7, 11) is 0. The predicted octanol–water partition coefficient (Wildman–Crippen LogP) is 2.75. The molecule has 3 nitrogen and oxygen atoms in total. The van der Waals surface area contributed by atoms with Gasteiger partial charge in [-0.3, -0.25) is 0 Å². The highest BCUT2D eigenvalue weighted by atomic mass is 32.2. The van der Waals surface area contributed by atoms with E-state index in [2.05, 4.69) is 35.7 Å². The Morgan fingerprint density at radius 2 is 2.53 bits per heavy atom. The van der Waals surface area contributed by atoms with Gasteiger partial charge in [-0.05, 0) is 18.6 Å². The lowest BCUT2D eigenvalue weighted by molar-refractivity contribution is 0.532. The average Bonchev–Trinajstić information content (AvgIpc) is 2.95. The summed E-state index contributed by atoms with van der Waals surface area (Å²) in [6.45, 7) is 6.86. The van der Waals surface area contributed by atoms with E-state index in [9.17, 15) is 0 Å². The van der Waals surface area contributed by atoms with Crippen LogP contribution in [-0.2, 0) is 6.54 Å². The van der Waals surface area contributed by atoms with Crippen LogP contribution in [0.4, 0.5) is 0 Å². The molecule has 0 saturated heterocycles. The van der Waals surface area contributed by atoms with Gasteiger partial charge in [-0.15, -0.1) is 0 Å². The van der Waals surface area contributed by atoms with E-state index in [1.165, 1.54) is 30.6 Å². The second kappa shape index (κ2) is 6.26. The van der Waals surface area contributed by atoms with Gasteiger partial charge in [0.1, 0.15) is 0 Å². The number of hydrogen-bond donors (Lipinski definition) is 1. The van der Waals surface area contributed by atoms with Crippen LogP contribution in [0.1, 0.15) is 31.7 Å². The summed E-state index contributed by atoms with van der Waals surface area (Å²) < 4.78 is 1.75. The molecule has 1 aromatic rings. The summed E-state index contributed by atoms with van der Waals surface area (Å²) in [5.41, 5.74) is 1.23. The topological polar surface area (TPSA) is 29.9 Å². The normalized spacial score (nSPS) is 24.1. The van der Waals surface area contributed by atoms with Gasteiger partial charge >= 0.3 is 0 Å². The van der Waals surface area contributed by atoms with E-state index in [-0.39, 0.29) is 0 Å². The molecule has 1 N–H and O–H groups in total. The first-order valence-electron chi connectivity index (χ1n) is 6.34. The Morgan fingerprint density at radius 1 is 1.65 bits per heavy atom. The van der Waals surface area contributed by atoms with Crippen LogP contribution < -0.4 is 5.32 Å². The Morgan fingerprint density at radius 3 is 3.24 bits per heavy atom. The van der Waals surface area contributed by atoms with Crippen molar-refractivity contribution in [3.05, 3.63) is 24.5 Å². The predicted molar refractivity (Wildman–Crippen MR) is 75.0 cm³/mol. The van der Waals surface area contributed by atoms with Gasteiger partial charge in [0.15, 0.2) is 0 Å². The van der Waals surface area contributed by atoms with Crippen LogP contribution in [0, 0.1) is 0 Å². The maximum atomic E-state index is 4.19. The number of thioether (sulfide) groups is 1. The third-order valence-electron chi connectivity index (χ3n) is 3.24. The zero-order valence-electron chi connectivity index (χ0n) is 10.4. The summed E-state index contributed by atoms with van der Waals surface area (Å²) in [4.78, 5) is 0. The largest absolute Gasteiger partial charge is 0.309 e. The minimum Gasteiger partial charge on any atom is -0.309 e. The van der Waals surface area contributed by atoms with E-state index in [4.69, 9.17) is 0 Å². The first-order valence-corrected chi connectivity index (χ1v) is 7.39. The molecule has 1 aliphatic rings. The standard InChI is InChI=1S/C13H21N3S/c1-3-16-10-11(9-15-16)8-14-12-6-5-7-13(12)17-4-2/h3,9-10,12-14H,1,4-8H2,2H3. The molecule has 0 aliphatic heterocycles. The lowest BCUT2D eigenvalue weighted by Crippen LogP contribution is -2.33. The molecule has 0 radical (unpaired) electrons. The summed E-state index contributed by atoms with van der Waals surface area (Å²) in [6, 6.07) is 0.673. The Labute approximate surface area is 108 Å². The maximum absolute atomic E-state index is 4.19. The quantitative estimate of drug-likeness (QED) is 0.843. The Kier molecular flexibility index (Phi) is 4.68. The second-order valence-corrected chi connectivity index (χ2v) is 5.94. The fraction of sp³-hybridized carbons (Fsp3) is 0.615. The van der Waals surface area contributed by atoms with Crippen molar-refractivity contribution < 1.29 is 0 Å². The third kappa shape index (κ3) is 3.36. The highest BCUT2D eigenvalue weighted by Crippen LogP contribution is 2.29. The molecule has 0 aromatic carbocycles. The molecule has 1 aromatic heterocycles. The Hall–Kier alpha value is -0.740. The van der Waals surface area contributed by atoms with Crippen molar-refractivity contribution in [3.8, 4) is 0 Å². The molecule has 1 aliphatic carbocycles. The van der Waals surface area contributed by atoms with Crippen molar-refractivity contribution in [3.63, 3.8) is 0 Å². The van der Waals surface area contributed by atoms with Crippen LogP contribution in [0.5, 0.6) is 0 Å². The van der Waals surface area contributed by atoms with Gasteiger partial charge < -0.3 is 5.32 Å². The molecule has 1 saturated carbocycles. The van der Waals surface area contributed by atoms with E-state index >= 15 is 0 Å². The molecular weight excluding hydrogens is 230 g/mol. The summed E-state index contributed by atoms with van der Waals surface area (Å²) in [5.74, 6) is 1.22. The third-order valence-corrected chi connectivity index (χ3v) is 4.57. The molecular formula is C13H21N3S. The fourth-order valence-electron chi connectivity index (χ4n) is 2.39. The SMILES string of the molecule is C=Cn1cc(CNC2CCCC2SCC)cn1. The maximum Gasteiger partial charge on any atom is 0.0538 e. The molecule has 17 heavy (non-hydrogen) atoms. The van der Waals surface area contributed by atoms with Crippen molar-refractivity contribution in [1.29, 1.82) is 0 Å². The molecule has 2 unspecified atom stereocenters. The average molecular weight is 251 g/mol. The summed E-state index contributed by atoms with van der Waals surface area (Å²) >= 11 is 2.09. The van der Waals surface area contributed by atoms with Gasteiger partial charge in [-0.2, -0.15) is 16.9 Å². The van der Waals surface area contributed by atoms with E-state index in [0.717, 1.165) is 11.8 Å². The van der Waals surface area contributed by atoms with E-state index in [0.29, 0.717) is 6.04 Å². The number of nitrogens with one attached hydrogen (secondary N) is 1. The minimum absolute atomic E-state index is 0.673. The van der Waals surface area contributed by atoms with Gasteiger partial charge in [0.2, 0.25) is 0 Å². The van der Waals surface area contributed by atoms with Gasteiger partial charge in [-0.1, -0.05) is 19.9 Å². The monoisotopic (exact) mass is 251 g/mol. The van der Waals surface area contributed by atoms with Crippen LogP contribution in [0.2, 0.25) is 0 Å². The number of aromatic nitrogens is 2. The molecule has 1 heterocycles. The Bertz CT molecular complexity index is 361. The molecule has 0 amide bonds. The Balaban J connectivity index is 1.82. The fourth-order valence-corrected chi connectivity index (χ4v) is 3.62. The van der Waals surface area contributed by atoms with Gasteiger partial charge in [-0.25, -0.2) is 4.68 Å². The minimum atomic E-state index is 0.673. The van der Waals surface area contributed by atoms with Gasteiger partial charge in [0.05, 0.1) is 6.20 Å². The van der Waals surface area contributed by atoms with Crippen molar-refractivity contribution in [2.24, 2.45) is 0 Å². The first kappa shape index (κ1) is 12.7. The molecule has 0 spiro atoms. The van der Waals surface area contributed by atoms with E-state index in [1.807, 2.05) is 12.4 Å². The highest BCUT2D eigenvalue weighted by molar-refractivity contribution is 7.99. The molecule has 94 valence electrons. The zero-order chi connectivity index (χ0) is 12.1. The second-order valence-electron chi connectivity index (χ2n) is 4.42. The van der Waals surface area contributed by atoms with E-state index < -0.39 is 0 Å². The summed E-state index contributed by atoms with van der Waals surface area (Å²) in [5, 5.41) is 8.65. The lowest BCUT2D eigenvalue weighted by atomic mass is 10.2. The zero-order valence-corrected chi connectivity index (χ0v) is 11.2. The van der Waals surface area contributed by atoms with Crippen LogP contribution in [-0.4, -0.2) is 26.8 Å². The number of hydrogen-bond acceptors (Lipinski definition) is 3. The van der Waals surface area contributed by atoms with Crippen molar-refractivity contribution in [2.75, 3.05) is 5.75 Å². The van der Waals surface area contributed by atoms with Crippen molar-refractivity contribution in [2.45, 2.75) is 44.0 Å². The molecule has 0 bridgehead atoms.